The van der Waals surface area contributed by atoms with E-state index in [1.807, 2.05) is 18.2 Å². The van der Waals surface area contributed by atoms with Gasteiger partial charge in [0.2, 0.25) is 5.95 Å². The number of likely N-dealkylation sites (N-methyl/N-ethyl adjacent to an activating group) is 1. The minimum absolute atomic E-state index is 0.223. The molecule has 2 aromatic carbocycles. The Kier molecular flexibility index (Phi) is 5.37. The molecule has 4 aromatic heterocycles. The molecule has 0 atom stereocenters. The number of rotatable bonds is 4. The number of hydrogen-bond donors (Lipinski definition) is 2. The number of aromatic nitrogens is 6. The van der Waals surface area contributed by atoms with Crippen LogP contribution in [-0.4, -0.2) is 67.3 Å². The van der Waals surface area contributed by atoms with Crippen LogP contribution in [0.3, 0.4) is 0 Å². The Morgan fingerprint density at radius 1 is 0.897 bits per heavy atom. The van der Waals surface area contributed by atoms with Crippen molar-refractivity contribution >= 4 is 44.9 Å². The van der Waals surface area contributed by atoms with Crippen LogP contribution in [0.2, 0.25) is 0 Å². The first-order valence-electron chi connectivity index (χ1n) is 12.7. The van der Waals surface area contributed by atoms with E-state index in [-0.39, 0.29) is 22.0 Å². The van der Waals surface area contributed by atoms with E-state index >= 15 is 0 Å². The lowest BCUT2D eigenvalue weighted by Gasteiger charge is -2.34. The Morgan fingerprint density at radius 3 is 2.49 bits per heavy atom. The maximum atomic E-state index is 13.7. The second kappa shape index (κ2) is 9.07. The van der Waals surface area contributed by atoms with Gasteiger partial charge in [0.05, 0.1) is 10.9 Å². The Balaban J connectivity index is 1.30. The Labute approximate surface area is 222 Å². The highest BCUT2D eigenvalue weighted by Crippen LogP contribution is 2.23. The van der Waals surface area contributed by atoms with Crippen LogP contribution in [0.25, 0.3) is 33.4 Å². The first-order chi connectivity index (χ1) is 19.1. The standard InChI is InChI=1S/C28H25N9O2/c1-34-13-15-35(16-14-34)19-10-8-18(9-11-19)31-28-30-17-20-25(33-28)32-26-24-21(5-4-6-22(24)38)36(37(26)27(20)39)23-7-2-3-12-29-23/h2-12,17H,13-16H2,1H3,(H2,30,31,32,33). The van der Waals surface area contributed by atoms with Crippen LogP contribution < -0.4 is 21.2 Å². The minimum Gasteiger partial charge on any atom is -0.369 e. The lowest BCUT2D eigenvalue weighted by Crippen LogP contribution is -2.44. The second-order valence-corrected chi connectivity index (χ2v) is 9.66. The summed E-state index contributed by atoms with van der Waals surface area (Å²) >= 11 is 0. The van der Waals surface area contributed by atoms with Crippen molar-refractivity contribution in [2.24, 2.45) is 0 Å². The molecule has 194 valence electrons. The predicted octanol–water partition coefficient (Wildman–Crippen LogP) is 2.77. The second-order valence-electron chi connectivity index (χ2n) is 9.66. The summed E-state index contributed by atoms with van der Waals surface area (Å²) in [6, 6.07) is 18.5. The number of aromatic amines is 1. The fourth-order valence-electron chi connectivity index (χ4n) is 5.11. The lowest BCUT2D eigenvalue weighted by atomic mass is 10.2. The van der Waals surface area contributed by atoms with Gasteiger partial charge in [-0.25, -0.2) is 19.6 Å². The zero-order chi connectivity index (χ0) is 26.5. The molecule has 2 N–H and O–H groups in total. The molecule has 1 fully saturated rings. The van der Waals surface area contributed by atoms with Gasteiger partial charge in [-0.1, -0.05) is 12.1 Å². The highest BCUT2D eigenvalue weighted by molar-refractivity contribution is 5.95. The van der Waals surface area contributed by atoms with Gasteiger partial charge in [0, 0.05) is 49.9 Å². The number of pyridine rings is 1. The number of hydrogen-bond acceptors (Lipinski definition) is 8. The third-order valence-electron chi connectivity index (χ3n) is 7.18. The quantitative estimate of drug-likeness (QED) is 0.365. The Morgan fingerprint density at radius 2 is 1.72 bits per heavy atom. The van der Waals surface area contributed by atoms with E-state index in [4.69, 9.17) is 4.98 Å². The van der Waals surface area contributed by atoms with Crippen molar-refractivity contribution in [3.05, 3.63) is 93.6 Å². The number of piperazine rings is 1. The van der Waals surface area contributed by atoms with Gasteiger partial charge in [0.25, 0.3) is 5.56 Å². The normalized spacial score (nSPS) is 14.4. The van der Waals surface area contributed by atoms with Crippen LogP contribution in [0.4, 0.5) is 17.3 Å². The summed E-state index contributed by atoms with van der Waals surface area (Å²) in [5.41, 5.74) is 2.58. The zero-order valence-electron chi connectivity index (χ0n) is 21.2. The number of nitrogens with zero attached hydrogens (tertiary/aromatic N) is 7. The molecule has 7 rings (SSSR count). The molecule has 0 spiro atoms. The number of H-pyrrole nitrogens is 1. The van der Waals surface area contributed by atoms with E-state index in [2.05, 4.69) is 49.2 Å². The smallest absolute Gasteiger partial charge is 0.284 e. The van der Waals surface area contributed by atoms with Gasteiger partial charge < -0.3 is 20.1 Å². The molecule has 1 aliphatic heterocycles. The van der Waals surface area contributed by atoms with Crippen molar-refractivity contribution < 1.29 is 0 Å². The molecule has 0 radical (unpaired) electrons. The average molecular weight is 520 g/mol. The van der Waals surface area contributed by atoms with E-state index in [0.717, 1.165) is 31.9 Å². The van der Waals surface area contributed by atoms with Crippen LogP contribution in [0.1, 0.15) is 0 Å². The third-order valence-corrected chi connectivity index (χ3v) is 7.18. The highest BCUT2D eigenvalue weighted by Gasteiger charge is 2.20. The third kappa shape index (κ3) is 3.91. The maximum Gasteiger partial charge on any atom is 0.284 e. The van der Waals surface area contributed by atoms with Gasteiger partial charge in [-0.3, -0.25) is 9.59 Å². The van der Waals surface area contributed by atoms with E-state index in [0.29, 0.717) is 28.3 Å². The fraction of sp³-hybridized carbons (Fsp3) is 0.179. The topological polar surface area (TPSA) is 116 Å². The summed E-state index contributed by atoms with van der Waals surface area (Å²) in [5.74, 6) is 0.934. The highest BCUT2D eigenvalue weighted by atomic mass is 16.1. The molecule has 0 bridgehead atoms. The van der Waals surface area contributed by atoms with Crippen LogP contribution in [0.5, 0.6) is 0 Å². The zero-order valence-corrected chi connectivity index (χ0v) is 21.2. The van der Waals surface area contributed by atoms with E-state index in [1.54, 1.807) is 35.1 Å². The maximum absolute atomic E-state index is 13.7. The van der Waals surface area contributed by atoms with Gasteiger partial charge >= 0.3 is 0 Å². The molecular formula is C28H25N9O2. The molecule has 1 saturated heterocycles. The Bertz CT molecular complexity index is 1950. The van der Waals surface area contributed by atoms with Gasteiger partial charge in [0.1, 0.15) is 11.0 Å². The monoisotopic (exact) mass is 519 g/mol. The van der Waals surface area contributed by atoms with Crippen molar-refractivity contribution in [3.8, 4) is 5.82 Å². The largest absolute Gasteiger partial charge is 0.369 e. The molecular weight excluding hydrogens is 494 g/mol. The number of benzene rings is 2. The molecule has 39 heavy (non-hydrogen) atoms. The molecule has 0 amide bonds. The fourth-order valence-corrected chi connectivity index (χ4v) is 5.11. The SMILES string of the molecule is CN1CCN(c2ccc(Nc3ncc4c(=O)n5c(nc4[nH]3)c3c(=O)cccc3n5-c3ccccn3)cc2)CC1. The summed E-state index contributed by atoms with van der Waals surface area (Å²) in [7, 11) is 2.14. The van der Waals surface area contributed by atoms with Crippen molar-refractivity contribution in [1.29, 1.82) is 0 Å². The van der Waals surface area contributed by atoms with Gasteiger partial charge in [-0.2, -0.15) is 4.52 Å². The number of nitrogens with one attached hydrogen (secondary N) is 2. The first-order valence-corrected chi connectivity index (χ1v) is 12.7. The van der Waals surface area contributed by atoms with Gasteiger partial charge in [-0.15, -0.1) is 0 Å². The minimum atomic E-state index is -0.358. The van der Waals surface area contributed by atoms with Crippen molar-refractivity contribution in [2.45, 2.75) is 0 Å². The van der Waals surface area contributed by atoms with E-state index in [1.165, 1.54) is 22.5 Å². The summed E-state index contributed by atoms with van der Waals surface area (Å²) in [6.07, 6.45) is 3.13. The average Bonchev–Trinajstić information content (AvgIpc) is 3.30. The summed E-state index contributed by atoms with van der Waals surface area (Å²) < 4.78 is 3.01. The molecule has 1 aliphatic rings. The Hall–Kier alpha value is -5.03. The molecule has 6 aromatic rings. The molecule has 0 aliphatic carbocycles. The van der Waals surface area contributed by atoms with Crippen molar-refractivity contribution in [1.82, 2.24) is 34.0 Å². The van der Waals surface area contributed by atoms with Crippen LogP contribution in [0.15, 0.2) is 82.6 Å². The first kappa shape index (κ1) is 23.1. The van der Waals surface area contributed by atoms with Crippen molar-refractivity contribution in [2.75, 3.05) is 43.4 Å². The molecule has 5 heterocycles. The number of fused-ring (bicyclic) bond motifs is 4. The predicted molar refractivity (Wildman–Crippen MR) is 151 cm³/mol. The van der Waals surface area contributed by atoms with Gasteiger partial charge in [-0.05, 0) is 55.6 Å². The van der Waals surface area contributed by atoms with E-state index in [9.17, 15) is 9.59 Å². The lowest BCUT2D eigenvalue weighted by molar-refractivity contribution is 0.313. The number of anilines is 3. The van der Waals surface area contributed by atoms with Gasteiger partial charge in [0.15, 0.2) is 16.9 Å². The molecule has 11 nitrogen and oxygen atoms in total. The summed E-state index contributed by atoms with van der Waals surface area (Å²) in [5, 5.41) is 3.90. The van der Waals surface area contributed by atoms with Crippen LogP contribution in [-0.2, 0) is 0 Å². The molecule has 11 heteroatoms. The van der Waals surface area contributed by atoms with E-state index < -0.39 is 0 Å². The van der Waals surface area contributed by atoms with Crippen molar-refractivity contribution in [3.63, 3.8) is 0 Å². The molecule has 0 saturated carbocycles. The summed E-state index contributed by atoms with van der Waals surface area (Å²) in [4.78, 5) is 48.1. The molecule has 0 unspecified atom stereocenters. The summed E-state index contributed by atoms with van der Waals surface area (Å²) in [6.45, 7) is 4.09. The van der Waals surface area contributed by atoms with Crippen LogP contribution in [0, 0.1) is 0 Å². The van der Waals surface area contributed by atoms with Crippen LogP contribution >= 0.6 is 0 Å².